The minimum atomic E-state index is -0.616. The number of rotatable bonds is 7. The summed E-state index contributed by atoms with van der Waals surface area (Å²) < 4.78 is 1.65. The van der Waals surface area contributed by atoms with E-state index in [0.717, 1.165) is 11.3 Å². The smallest absolute Gasteiger partial charge is 0.239 e. The fourth-order valence-corrected chi connectivity index (χ4v) is 2.22. The lowest BCUT2D eigenvalue weighted by Gasteiger charge is -2.17. The lowest BCUT2D eigenvalue weighted by molar-refractivity contribution is -0.127. The third kappa shape index (κ3) is 5.12. The van der Waals surface area contributed by atoms with E-state index in [0.29, 0.717) is 0 Å². The molecular formula is C17H24N6O2. The maximum Gasteiger partial charge on any atom is 0.239 e. The maximum absolute atomic E-state index is 12.0. The van der Waals surface area contributed by atoms with E-state index in [4.69, 9.17) is 5.73 Å². The maximum atomic E-state index is 12.0. The Morgan fingerprint density at radius 1 is 1.20 bits per heavy atom. The quantitative estimate of drug-likeness (QED) is 0.678. The van der Waals surface area contributed by atoms with E-state index in [1.807, 2.05) is 45.0 Å². The summed E-state index contributed by atoms with van der Waals surface area (Å²) in [5, 5.41) is 9.46. The summed E-state index contributed by atoms with van der Waals surface area (Å²) in [6, 6.07) is 6.82. The monoisotopic (exact) mass is 344 g/mol. The molecule has 0 fully saturated rings. The second-order valence-electron chi connectivity index (χ2n) is 6.21. The SMILES string of the molecule is CC(NC(=O)CNC(=O)[C@@H](N)C(C)C)c1ccc(-n2cncn2)cc1. The van der Waals surface area contributed by atoms with Gasteiger partial charge in [0.1, 0.15) is 12.7 Å². The lowest BCUT2D eigenvalue weighted by atomic mass is 10.1. The van der Waals surface area contributed by atoms with Crippen molar-refractivity contribution in [3.63, 3.8) is 0 Å². The van der Waals surface area contributed by atoms with E-state index in [1.165, 1.54) is 6.33 Å². The van der Waals surface area contributed by atoms with Gasteiger partial charge in [-0.2, -0.15) is 5.10 Å². The van der Waals surface area contributed by atoms with Crippen molar-refractivity contribution in [3.05, 3.63) is 42.5 Å². The molecule has 0 aliphatic carbocycles. The molecule has 134 valence electrons. The molecule has 2 rings (SSSR count). The standard InChI is InChI=1S/C17H24N6O2/c1-11(2)16(18)17(25)20-8-15(24)22-12(3)13-4-6-14(7-5-13)23-10-19-9-21-23/h4-7,9-12,16H,8,18H2,1-3H3,(H,20,25)(H,22,24)/t12?,16-/m0/s1. The topological polar surface area (TPSA) is 115 Å². The number of carbonyl (C=O) groups is 2. The first-order chi connectivity index (χ1) is 11.9. The Morgan fingerprint density at radius 3 is 2.44 bits per heavy atom. The first-order valence-corrected chi connectivity index (χ1v) is 8.16. The van der Waals surface area contributed by atoms with Crippen LogP contribution in [0.25, 0.3) is 5.69 Å². The van der Waals surface area contributed by atoms with Gasteiger partial charge in [0, 0.05) is 0 Å². The Kier molecular flexibility index (Phi) is 6.24. The van der Waals surface area contributed by atoms with Gasteiger partial charge >= 0.3 is 0 Å². The van der Waals surface area contributed by atoms with Crippen molar-refractivity contribution in [2.75, 3.05) is 6.54 Å². The van der Waals surface area contributed by atoms with E-state index in [-0.39, 0.29) is 30.3 Å². The number of carbonyl (C=O) groups excluding carboxylic acids is 2. The van der Waals surface area contributed by atoms with Crippen molar-refractivity contribution in [1.29, 1.82) is 0 Å². The summed E-state index contributed by atoms with van der Waals surface area (Å²) in [4.78, 5) is 27.7. The largest absolute Gasteiger partial charge is 0.348 e. The minimum absolute atomic E-state index is 0.0190. The van der Waals surface area contributed by atoms with Crippen molar-refractivity contribution in [2.24, 2.45) is 11.7 Å². The summed E-state index contributed by atoms with van der Waals surface area (Å²) in [5.74, 6) is -0.572. The van der Waals surface area contributed by atoms with Gasteiger partial charge in [-0.15, -0.1) is 0 Å². The molecule has 8 heteroatoms. The van der Waals surface area contributed by atoms with Gasteiger partial charge < -0.3 is 16.4 Å². The minimum Gasteiger partial charge on any atom is -0.348 e. The summed E-state index contributed by atoms with van der Waals surface area (Å²) >= 11 is 0. The second kappa shape index (κ2) is 8.39. The molecule has 0 saturated carbocycles. The number of amides is 2. The van der Waals surface area contributed by atoms with Gasteiger partial charge in [0.05, 0.1) is 24.3 Å². The highest BCUT2D eigenvalue weighted by atomic mass is 16.2. The predicted octanol–water partition coefficient (Wildman–Crippen LogP) is 0.544. The Morgan fingerprint density at radius 2 is 1.88 bits per heavy atom. The van der Waals surface area contributed by atoms with Crippen LogP contribution in [0.4, 0.5) is 0 Å². The summed E-state index contributed by atoms with van der Waals surface area (Å²) in [6.45, 7) is 5.50. The highest BCUT2D eigenvalue weighted by Crippen LogP contribution is 2.14. The number of nitrogens with one attached hydrogen (secondary N) is 2. The van der Waals surface area contributed by atoms with Gasteiger partial charge in [-0.25, -0.2) is 9.67 Å². The molecule has 1 aromatic heterocycles. The number of nitrogens with two attached hydrogens (primary N) is 1. The molecule has 2 atom stereocenters. The molecule has 1 unspecified atom stereocenters. The van der Waals surface area contributed by atoms with Gasteiger partial charge in [0.25, 0.3) is 0 Å². The number of aromatic nitrogens is 3. The Labute approximate surface area is 146 Å². The van der Waals surface area contributed by atoms with E-state index >= 15 is 0 Å². The van der Waals surface area contributed by atoms with Crippen molar-refractivity contribution in [3.8, 4) is 5.69 Å². The molecule has 0 aliphatic heterocycles. The molecule has 1 aromatic carbocycles. The molecule has 0 radical (unpaired) electrons. The van der Waals surface area contributed by atoms with Crippen molar-refractivity contribution in [1.82, 2.24) is 25.4 Å². The van der Waals surface area contributed by atoms with Crippen LogP contribution in [0, 0.1) is 5.92 Å². The van der Waals surface area contributed by atoms with Crippen LogP contribution >= 0.6 is 0 Å². The van der Waals surface area contributed by atoms with Crippen molar-refractivity contribution >= 4 is 11.8 Å². The van der Waals surface area contributed by atoms with Crippen LogP contribution < -0.4 is 16.4 Å². The molecule has 2 aromatic rings. The van der Waals surface area contributed by atoms with E-state index in [2.05, 4.69) is 20.7 Å². The van der Waals surface area contributed by atoms with Crippen molar-refractivity contribution < 1.29 is 9.59 Å². The second-order valence-corrected chi connectivity index (χ2v) is 6.21. The molecule has 1 heterocycles. The molecule has 4 N–H and O–H groups in total. The van der Waals surface area contributed by atoms with Gasteiger partial charge in [-0.1, -0.05) is 26.0 Å². The Bertz CT molecular complexity index is 696. The molecule has 0 saturated heterocycles. The molecule has 2 amide bonds. The van der Waals surface area contributed by atoms with E-state index < -0.39 is 6.04 Å². The van der Waals surface area contributed by atoms with Crippen LogP contribution in [0.3, 0.4) is 0 Å². The highest BCUT2D eigenvalue weighted by molar-refractivity contribution is 5.87. The number of nitrogens with zero attached hydrogens (tertiary/aromatic N) is 3. The predicted molar refractivity (Wildman–Crippen MR) is 93.7 cm³/mol. The van der Waals surface area contributed by atoms with Crippen LogP contribution in [0.15, 0.2) is 36.9 Å². The molecular weight excluding hydrogens is 320 g/mol. The van der Waals surface area contributed by atoms with Crippen LogP contribution in [0.5, 0.6) is 0 Å². The van der Waals surface area contributed by atoms with Crippen LogP contribution in [0.1, 0.15) is 32.4 Å². The van der Waals surface area contributed by atoms with E-state index in [9.17, 15) is 9.59 Å². The molecule has 0 bridgehead atoms. The Hall–Kier alpha value is -2.74. The zero-order chi connectivity index (χ0) is 18.4. The zero-order valence-electron chi connectivity index (χ0n) is 14.6. The fraction of sp³-hybridized carbons (Fsp3) is 0.412. The highest BCUT2D eigenvalue weighted by Gasteiger charge is 2.18. The normalized spacial score (nSPS) is 13.3. The van der Waals surface area contributed by atoms with Gasteiger partial charge in [0.2, 0.25) is 11.8 Å². The third-order valence-electron chi connectivity index (χ3n) is 3.90. The van der Waals surface area contributed by atoms with Crippen molar-refractivity contribution in [2.45, 2.75) is 32.9 Å². The number of hydrogen-bond donors (Lipinski definition) is 3. The third-order valence-corrected chi connectivity index (χ3v) is 3.90. The number of hydrogen-bond acceptors (Lipinski definition) is 5. The lowest BCUT2D eigenvalue weighted by Crippen LogP contribution is -2.47. The molecule has 0 spiro atoms. The van der Waals surface area contributed by atoms with Gasteiger partial charge in [0.15, 0.2) is 0 Å². The Balaban J connectivity index is 1.85. The summed E-state index contributed by atoms with van der Waals surface area (Å²) in [6.07, 6.45) is 3.08. The summed E-state index contributed by atoms with van der Waals surface area (Å²) in [5.41, 5.74) is 7.57. The summed E-state index contributed by atoms with van der Waals surface area (Å²) in [7, 11) is 0. The fourth-order valence-electron chi connectivity index (χ4n) is 2.22. The van der Waals surface area contributed by atoms with Gasteiger partial charge in [-0.3, -0.25) is 9.59 Å². The van der Waals surface area contributed by atoms with Crippen LogP contribution in [0.2, 0.25) is 0 Å². The molecule has 8 nitrogen and oxygen atoms in total. The molecule has 25 heavy (non-hydrogen) atoms. The van der Waals surface area contributed by atoms with Gasteiger partial charge in [-0.05, 0) is 30.5 Å². The molecule has 0 aliphatic rings. The number of benzene rings is 1. The average molecular weight is 344 g/mol. The average Bonchev–Trinajstić information content (AvgIpc) is 3.13. The van der Waals surface area contributed by atoms with Crippen LogP contribution in [-0.2, 0) is 9.59 Å². The zero-order valence-corrected chi connectivity index (χ0v) is 14.6. The first-order valence-electron chi connectivity index (χ1n) is 8.16. The van der Waals surface area contributed by atoms with E-state index in [1.54, 1.807) is 11.0 Å². The first kappa shape index (κ1) is 18.6. The van der Waals surface area contributed by atoms with Crippen LogP contribution in [-0.4, -0.2) is 39.2 Å².